The van der Waals surface area contributed by atoms with Gasteiger partial charge in [-0.1, -0.05) is 26.2 Å². The predicted octanol–water partition coefficient (Wildman–Crippen LogP) is 3.11. The van der Waals surface area contributed by atoms with E-state index in [1.165, 1.54) is 6.07 Å². The summed E-state index contributed by atoms with van der Waals surface area (Å²) in [6.45, 7) is 5.74. The predicted molar refractivity (Wildman–Crippen MR) is 79.8 cm³/mol. The summed E-state index contributed by atoms with van der Waals surface area (Å²) in [6, 6.07) is 6.52. The first kappa shape index (κ1) is 16.7. The van der Waals surface area contributed by atoms with E-state index in [0.29, 0.717) is 11.1 Å². The van der Waals surface area contributed by atoms with Gasteiger partial charge in [-0.3, -0.25) is 0 Å². The average molecular weight is 294 g/mol. The van der Waals surface area contributed by atoms with Crippen molar-refractivity contribution in [1.82, 2.24) is 4.72 Å². The molecule has 0 saturated heterocycles. The Hall–Kier alpha value is -1.38. The van der Waals surface area contributed by atoms with Crippen LogP contribution >= 0.6 is 0 Å². The van der Waals surface area contributed by atoms with Crippen LogP contribution in [0.2, 0.25) is 0 Å². The molecule has 0 radical (unpaired) electrons. The van der Waals surface area contributed by atoms with Crippen molar-refractivity contribution in [2.24, 2.45) is 0 Å². The molecule has 1 N–H and O–H groups in total. The van der Waals surface area contributed by atoms with Crippen LogP contribution in [0, 0.1) is 18.3 Å². The zero-order valence-corrected chi connectivity index (χ0v) is 13.1. The largest absolute Gasteiger partial charge is 0.240 e. The SMILES string of the molecule is CCCCCC(C)NS(=O)(=O)c1ccc(C#N)c(C)c1. The van der Waals surface area contributed by atoms with Gasteiger partial charge in [-0.2, -0.15) is 5.26 Å². The van der Waals surface area contributed by atoms with Gasteiger partial charge in [-0.05, 0) is 44.0 Å². The van der Waals surface area contributed by atoms with Crippen LogP contribution in [0.15, 0.2) is 23.1 Å². The minimum Gasteiger partial charge on any atom is -0.208 e. The molecule has 4 nitrogen and oxygen atoms in total. The number of nitrogens with zero attached hydrogens (tertiary/aromatic N) is 1. The molecule has 110 valence electrons. The molecule has 1 rings (SSSR count). The first-order chi connectivity index (χ1) is 9.40. The van der Waals surface area contributed by atoms with Crippen LogP contribution in [-0.2, 0) is 10.0 Å². The normalized spacial score (nSPS) is 12.9. The highest BCUT2D eigenvalue weighted by molar-refractivity contribution is 7.89. The van der Waals surface area contributed by atoms with Gasteiger partial charge in [-0.25, -0.2) is 13.1 Å². The minimum absolute atomic E-state index is 0.0810. The number of hydrogen-bond donors (Lipinski definition) is 1. The molecule has 0 bridgehead atoms. The molecule has 0 heterocycles. The third kappa shape index (κ3) is 4.62. The van der Waals surface area contributed by atoms with Gasteiger partial charge in [0.05, 0.1) is 16.5 Å². The van der Waals surface area contributed by atoms with Crippen molar-refractivity contribution in [3.63, 3.8) is 0 Å². The van der Waals surface area contributed by atoms with Crippen molar-refractivity contribution < 1.29 is 8.42 Å². The maximum absolute atomic E-state index is 12.2. The van der Waals surface area contributed by atoms with Crippen molar-refractivity contribution in [2.45, 2.75) is 57.4 Å². The number of nitrogens with one attached hydrogen (secondary N) is 1. The Morgan fingerprint density at radius 1 is 1.35 bits per heavy atom. The molecular weight excluding hydrogens is 272 g/mol. The van der Waals surface area contributed by atoms with Crippen molar-refractivity contribution in [1.29, 1.82) is 5.26 Å². The Labute approximate surface area is 121 Å². The Kier molecular flexibility index (Phi) is 6.18. The third-order valence-electron chi connectivity index (χ3n) is 3.23. The lowest BCUT2D eigenvalue weighted by molar-refractivity contribution is 0.527. The van der Waals surface area contributed by atoms with E-state index in [1.807, 2.05) is 13.0 Å². The Morgan fingerprint density at radius 3 is 2.60 bits per heavy atom. The fourth-order valence-electron chi connectivity index (χ4n) is 2.02. The van der Waals surface area contributed by atoms with Crippen LogP contribution in [0.3, 0.4) is 0 Å². The Morgan fingerprint density at radius 2 is 2.05 bits per heavy atom. The van der Waals surface area contributed by atoms with E-state index in [4.69, 9.17) is 5.26 Å². The number of rotatable bonds is 7. The average Bonchev–Trinajstić information content (AvgIpc) is 2.38. The van der Waals surface area contributed by atoms with Gasteiger partial charge < -0.3 is 0 Å². The summed E-state index contributed by atoms with van der Waals surface area (Å²) in [5.74, 6) is 0. The van der Waals surface area contributed by atoms with Crippen LogP contribution in [0.5, 0.6) is 0 Å². The summed E-state index contributed by atoms with van der Waals surface area (Å²) in [6.07, 6.45) is 4.09. The molecule has 0 fully saturated rings. The summed E-state index contributed by atoms with van der Waals surface area (Å²) in [4.78, 5) is 0.219. The van der Waals surface area contributed by atoms with Crippen molar-refractivity contribution >= 4 is 10.0 Å². The first-order valence-electron chi connectivity index (χ1n) is 6.93. The molecule has 0 aromatic heterocycles. The van der Waals surface area contributed by atoms with Gasteiger partial charge in [0, 0.05) is 6.04 Å². The number of benzene rings is 1. The monoisotopic (exact) mass is 294 g/mol. The molecule has 1 unspecified atom stereocenters. The quantitative estimate of drug-likeness (QED) is 0.785. The second-order valence-corrected chi connectivity index (χ2v) is 6.82. The molecule has 0 spiro atoms. The smallest absolute Gasteiger partial charge is 0.208 e. The van der Waals surface area contributed by atoms with E-state index in [9.17, 15) is 8.42 Å². The lowest BCUT2D eigenvalue weighted by Gasteiger charge is -2.14. The van der Waals surface area contributed by atoms with Crippen LogP contribution in [0.4, 0.5) is 0 Å². The lowest BCUT2D eigenvalue weighted by Crippen LogP contribution is -2.32. The van der Waals surface area contributed by atoms with Gasteiger partial charge in [-0.15, -0.1) is 0 Å². The molecule has 20 heavy (non-hydrogen) atoms. The van der Waals surface area contributed by atoms with E-state index < -0.39 is 10.0 Å². The highest BCUT2D eigenvalue weighted by atomic mass is 32.2. The number of nitriles is 1. The summed E-state index contributed by atoms with van der Waals surface area (Å²) >= 11 is 0. The second-order valence-electron chi connectivity index (χ2n) is 5.11. The molecule has 0 aliphatic rings. The third-order valence-corrected chi connectivity index (χ3v) is 4.81. The molecule has 0 amide bonds. The maximum Gasteiger partial charge on any atom is 0.240 e. The summed E-state index contributed by atoms with van der Waals surface area (Å²) in [7, 11) is -3.50. The van der Waals surface area contributed by atoms with E-state index in [2.05, 4.69) is 11.6 Å². The summed E-state index contributed by atoms with van der Waals surface area (Å²) in [5.41, 5.74) is 1.17. The van der Waals surface area contributed by atoms with Gasteiger partial charge in [0.2, 0.25) is 10.0 Å². The van der Waals surface area contributed by atoms with Crippen molar-refractivity contribution in [3.8, 4) is 6.07 Å². The van der Waals surface area contributed by atoms with E-state index >= 15 is 0 Å². The number of unbranched alkanes of at least 4 members (excludes halogenated alkanes) is 2. The van der Waals surface area contributed by atoms with Crippen molar-refractivity contribution in [3.05, 3.63) is 29.3 Å². The molecular formula is C15H22N2O2S. The fourth-order valence-corrected chi connectivity index (χ4v) is 3.38. The molecule has 0 saturated carbocycles. The molecule has 5 heteroatoms. The second kappa shape index (κ2) is 7.41. The Bertz CT molecular complexity index is 588. The summed E-state index contributed by atoms with van der Waals surface area (Å²) in [5, 5.41) is 8.86. The minimum atomic E-state index is -3.50. The summed E-state index contributed by atoms with van der Waals surface area (Å²) < 4.78 is 27.2. The van der Waals surface area contributed by atoms with Crippen LogP contribution in [0.25, 0.3) is 0 Å². The van der Waals surface area contributed by atoms with Crippen LogP contribution < -0.4 is 4.72 Å². The van der Waals surface area contributed by atoms with Crippen LogP contribution in [0.1, 0.15) is 50.7 Å². The van der Waals surface area contributed by atoms with Crippen molar-refractivity contribution in [2.75, 3.05) is 0 Å². The molecule has 0 aliphatic heterocycles. The molecule has 1 atom stereocenters. The standard InChI is InChI=1S/C15H22N2O2S/c1-4-5-6-7-13(3)17-20(18,19)15-9-8-14(11-16)12(2)10-15/h8-10,13,17H,4-7H2,1-3H3. The molecule has 1 aromatic rings. The topological polar surface area (TPSA) is 70.0 Å². The first-order valence-corrected chi connectivity index (χ1v) is 8.42. The lowest BCUT2D eigenvalue weighted by atomic mass is 10.1. The fraction of sp³-hybridized carbons (Fsp3) is 0.533. The number of sulfonamides is 1. The van der Waals surface area contributed by atoms with E-state index in [1.54, 1.807) is 19.1 Å². The van der Waals surface area contributed by atoms with Crippen LogP contribution in [-0.4, -0.2) is 14.5 Å². The highest BCUT2D eigenvalue weighted by Crippen LogP contribution is 2.16. The van der Waals surface area contributed by atoms with Gasteiger partial charge in [0.15, 0.2) is 0 Å². The molecule has 1 aromatic carbocycles. The van der Waals surface area contributed by atoms with Gasteiger partial charge >= 0.3 is 0 Å². The highest BCUT2D eigenvalue weighted by Gasteiger charge is 2.17. The molecule has 0 aliphatic carbocycles. The number of aryl methyl sites for hydroxylation is 1. The zero-order chi connectivity index (χ0) is 15.2. The van der Waals surface area contributed by atoms with Gasteiger partial charge in [0.25, 0.3) is 0 Å². The zero-order valence-electron chi connectivity index (χ0n) is 12.3. The van der Waals surface area contributed by atoms with Gasteiger partial charge in [0.1, 0.15) is 0 Å². The maximum atomic E-state index is 12.2. The van der Waals surface area contributed by atoms with E-state index in [0.717, 1.165) is 25.7 Å². The van der Waals surface area contributed by atoms with E-state index in [-0.39, 0.29) is 10.9 Å². The number of hydrogen-bond acceptors (Lipinski definition) is 3. The Balaban J connectivity index is 2.79.